The Bertz CT molecular complexity index is 383. The Labute approximate surface area is 106 Å². The van der Waals surface area contributed by atoms with Crippen molar-refractivity contribution < 1.29 is 14.2 Å². The minimum atomic E-state index is -0.507. The van der Waals surface area contributed by atoms with E-state index in [1.54, 1.807) is 6.07 Å². The molecule has 0 bridgehead atoms. The highest BCUT2D eigenvalue weighted by molar-refractivity contribution is 5.43. The molecule has 1 aromatic rings. The average Bonchev–Trinajstić information content (AvgIpc) is 2.37. The first-order valence-electron chi connectivity index (χ1n) is 6.19. The van der Waals surface area contributed by atoms with Gasteiger partial charge < -0.3 is 20.1 Å². The zero-order chi connectivity index (χ0) is 13.0. The van der Waals surface area contributed by atoms with E-state index in [1.807, 2.05) is 0 Å². The molecule has 1 aromatic carbocycles. The molecule has 0 aliphatic carbocycles. The zero-order valence-corrected chi connectivity index (χ0v) is 10.6. The first-order valence-corrected chi connectivity index (χ1v) is 6.19. The second-order valence-corrected chi connectivity index (χ2v) is 4.47. The standard InChI is InChI=1S/C13H19FN2O2/c1-18-13-11(14)8-10(9-12(13)17)2-5-16-6-3-15-4-7-16/h8-9,15,17H,2-7H2,1H3. The molecule has 1 fully saturated rings. The number of rotatable bonds is 4. The summed E-state index contributed by atoms with van der Waals surface area (Å²) in [5.41, 5.74) is 0.796. The van der Waals surface area contributed by atoms with Crippen molar-refractivity contribution in [3.63, 3.8) is 0 Å². The first kappa shape index (κ1) is 13.1. The first-order chi connectivity index (χ1) is 8.70. The smallest absolute Gasteiger partial charge is 0.196 e. The van der Waals surface area contributed by atoms with Crippen molar-refractivity contribution in [3.05, 3.63) is 23.5 Å². The van der Waals surface area contributed by atoms with Crippen LogP contribution in [0.3, 0.4) is 0 Å². The molecule has 1 saturated heterocycles. The van der Waals surface area contributed by atoms with Crippen LogP contribution >= 0.6 is 0 Å². The summed E-state index contributed by atoms with van der Waals surface area (Å²) in [6.45, 7) is 4.92. The maximum atomic E-state index is 13.6. The number of ether oxygens (including phenoxy) is 1. The van der Waals surface area contributed by atoms with E-state index in [2.05, 4.69) is 10.2 Å². The highest BCUT2D eigenvalue weighted by atomic mass is 19.1. The van der Waals surface area contributed by atoms with Crippen LogP contribution in [0.1, 0.15) is 5.56 Å². The summed E-state index contributed by atoms with van der Waals surface area (Å²) in [6, 6.07) is 3.00. The Balaban J connectivity index is 1.96. The lowest BCUT2D eigenvalue weighted by atomic mass is 10.1. The topological polar surface area (TPSA) is 44.7 Å². The number of nitrogens with one attached hydrogen (secondary N) is 1. The summed E-state index contributed by atoms with van der Waals surface area (Å²) in [7, 11) is 1.35. The van der Waals surface area contributed by atoms with Crippen molar-refractivity contribution in [3.8, 4) is 11.5 Å². The van der Waals surface area contributed by atoms with E-state index in [0.29, 0.717) is 0 Å². The lowest BCUT2D eigenvalue weighted by Gasteiger charge is -2.27. The van der Waals surface area contributed by atoms with E-state index in [4.69, 9.17) is 4.74 Å². The van der Waals surface area contributed by atoms with Crippen molar-refractivity contribution in [2.45, 2.75) is 6.42 Å². The van der Waals surface area contributed by atoms with E-state index < -0.39 is 5.82 Å². The van der Waals surface area contributed by atoms with Crippen molar-refractivity contribution in [1.29, 1.82) is 0 Å². The number of hydrogen-bond donors (Lipinski definition) is 2. The molecule has 0 atom stereocenters. The second kappa shape index (κ2) is 6.02. The van der Waals surface area contributed by atoms with Crippen LogP contribution in [0.4, 0.5) is 4.39 Å². The van der Waals surface area contributed by atoms with E-state index in [0.717, 1.165) is 44.7 Å². The van der Waals surface area contributed by atoms with Crippen LogP contribution < -0.4 is 10.1 Å². The van der Waals surface area contributed by atoms with Gasteiger partial charge in [0.1, 0.15) is 0 Å². The van der Waals surface area contributed by atoms with Crippen LogP contribution in [-0.2, 0) is 6.42 Å². The third kappa shape index (κ3) is 3.11. The number of methoxy groups -OCH3 is 1. The van der Waals surface area contributed by atoms with Gasteiger partial charge in [0.05, 0.1) is 7.11 Å². The van der Waals surface area contributed by atoms with Gasteiger partial charge in [-0.2, -0.15) is 0 Å². The molecule has 5 heteroatoms. The largest absolute Gasteiger partial charge is 0.504 e. The Morgan fingerprint density at radius 2 is 2.11 bits per heavy atom. The van der Waals surface area contributed by atoms with Crippen LogP contribution in [-0.4, -0.2) is 49.8 Å². The Morgan fingerprint density at radius 1 is 1.39 bits per heavy atom. The minimum absolute atomic E-state index is 0.0825. The van der Waals surface area contributed by atoms with Crippen LogP contribution in [0.5, 0.6) is 11.5 Å². The molecule has 0 radical (unpaired) electrons. The minimum Gasteiger partial charge on any atom is -0.504 e. The molecular weight excluding hydrogens is 235 g/mol. The molecule has 0 spiro atoms. The van der Waals surface area contributed by atoms with Crippen LogP contribution in [0.15, 0.2) is 12.1 Å². The number of benzene rings is 1. The van der Waals surface area contributed by atoms with Crippen molar-refractivity contribution >= 4 is 0 Å². The Hall–Kier alpha value is -1.33. The number of halogens is 1. The summed E-state index contributed by atoms with van der Waals surface area (Å²) in [6.07, 6.45) is 0.731. The van der Waals surface area contributed by atoms with Crippen molar-refractivity contribution in [2.75, 3.05) is 39.8 Å². The Morgan fingerprint density at radius 3 is 2.72 bits per heavy atom. The molecule has 0 aromatic heterocycles. The summed E-state index contributed by atoms with van der Waals surface area (Å²) < 4.78 is 18.3. The van der Waals surface area contributed by atoms with Crippen LogP contribution in [0.25, 0.3) is 0 Å². The fourth-order valence-corrected chi connectivity index (χ4v) is 2.20. The summed E-state index contributed by atoms with van der Waals surface area (Å²) >= 11 is 0. The number of piperazine rings is 1. The van der Waals surface area contributed by atoms with Gasteiger partial charge in [-0.05, 0) is 24.1 Å². The summed E-state index contributed by atoms with van der Waals surface area (Å²) in [5, 5.41) is 12.9. The van der Waals surface area contributed by atoms with Gasteiger partial charge in [0.15, 0.2) is 17.3 Å². The van der Waals surface area contributed by atoms with E-state index >= 15 is 0 Å². The highest BCUT2D eigenvalue weighted by Gasteiger charge is 2.13. The number of aromatic hydroxyl groups is 1. The zero-order valence-electron chi connectivity index (χ0n) is 10.6. The predicted molar refractivity (Wildman–Crippen MR) is 67.6 cm³/mol. The van der Waals surface area contributed by atoms with Crippen molar-refractivity contribution in [2.24, 2.45) is 0 Å². The van der Waals surface area contributed by atoms with Gasteiger partial charge in [-0.1, -0.05) is 0 Å². The van der Waals surface area contributed by atoms with Gasteiger partial charge in [0.25, 0.3) is 0 Å². The monoisotopic (exact) mass is 254 g/mol. The molecule has 2 rings (SSSR count). The number of phenolic OH excluding ortho intramolecular Hbond substituents is 1. The van der Waals surface area contributed by atoms with Gasteiger partial charge in [0.2, 0.25) is 0 Å². The molecule has 18 heavy (non-hydrogen) atoms. The van der Waals surface area contributed by atoms with E-state index in [1.165, 1.54) is 13.2 Å². The molecule has 1 aliphatic heterocycles. The van der Waals surface area contributed by atoms with Crippen LogP contribution in [0, 0.1) is 5.82 Å². The van der Waals surface area contributed by atoms with Gasteiger partial charge in [-0.15, -0.1) is 0 Å². The van der Waals surface area contributed by atoms with Gasteiger partial charge in [-0.3, -0.25) is 0 Å². The van der Waals surface area contributed by atoms with Gasteiger partial charge in [0, 0.05) is 32.7 Å². The lowest BCUT2D eigenvalue weighted by molar-refractivity contribution is 0.243. The van der Waals surface area contributed by atoms with E-state index in [-0.39, 0.29) is 11.5 Å². The molecule has 2 N–H and O–H groups in total. The molecule has 1 heterocycles. The van der Waals surface area contributed by atoms with Gasteiger partial charge in [-0.25, -0.2) is 4.39 Å². The molecule has 100 valence electrons. The normalized spacial score (nSPS) is 16.8. The molecular formula is C13H19FN2O2. The third-order valence-corrected chi connectivity index (χ3v) is 3.21. The average molecular weight is 254 g/mol. The molecule has 1 aliphatic rings. The molecule has 0 amide bonds. The second-order valence-electron chi connectivity index (χ2n) is 4.47. The predicted octanol–water partition coefficient (Wildman–Crippen LogP) is 0.988. The third-order valence-electron chi connectivity index (χ3n) is 3.21. The SMILES string of the molecule is COc1c(O)cc(CCN2CCNCC2)cc1F. The summed E-state index contributed by atoms with van der Waals surface area (Å²) in [4.78, 5) is 2.33. The van der Waals surface area contributed by atoms with Crippen LogP contribution in [0.2, 0.25) is 0 Å². The lowest BCUT2D eigenvalue weighted by Crippen LogP contribution is -2.44. The van der Waals surface area contributed by atoms with Gasteiger partial charge >= 0.3 is 0 Å². The maximum Gasteiger partial charge on any atom is 0.196 e. The quantitative estimate of drug-likeness (QED) is 0.841. The number of hydrogen-bond acceptors (Lipinski definition) is 4. The highest BCUT2D eigenvalue weighted by Crippen LogP contribution is 2.30. The maximum absolute atomic E-state index is 13.6. The fraction of sp³-hybridized carbons (Fsp3) is 0.538. The Kier molecular flexibility index (Phi) is 4.38. The molecule has 4 nitrogen and oxygen atoms in total. The van der Waals surface area contributed by atoms with Crippen molar-refractivity contribution in [1.82, 2.24) is 10.2 Å². The number of nitrogens with zero attached hydrogens (tertiary/aromatic N) is 1. The number of phenols is 1. The van der Waals surface area contributed by atoms with E-state index in [9.17, 15) is 9.50 Å². The molecule has 0 unspecified atom stereocenters. The molecule has 0 saturated carbocycles. The fourth-order valence-electron chi connectivity index (χ4n) is 2.20. The summed E-state index contributed by atoms with van der Waals surface area (Å²) in [5.74, 6) is -0.721.